The van der Waals surface area contributed by atoms with E-state index < -0.39 is 7.82 Å². The van der Waals surface area contributed by atoms with Crippen molar-refractivity contribution in [2.45, 2.75) is 13.3 Å². The van der Waals surface area contributed by atoms with Gasteiger partial charge in [0.2, 0.25) is 0 Å². The molecule has 112 valence electrons. The number of phosphoric acid groups is 1. The van der Waals surface area contributed by atoms with E-state index in [2.05, 4.69) is 5.48 Å². The Kier molecular flexibility index (Phi) is 5.81. The van der Waals surface area contributed by atoms with Crippen LogP contribution in [0, 0.1) is 0 Å². The van der Waals surface area contributed by atoms with E-state index in [1.54, 1.807) is 48.5 Å². The molecule has 0 aromatic heterocycles. The van der Waals surface area contributed by atoms with Crippen LogP contribution in [0.4, 0.5) is 0 Å². The second-order valence-electron chi connectivity index (χ2n) is 4.24. The predicted octanol–water partition coefficient (Wildman–Crippen LogP) is 4.18. The summed E-state index contributed by atoms with van der Waals surface area (Å²) in [6, 6.07) is 17.5. The fraction of sp³-hybridized carbons (Fsp3) is 0.200. The number of rotatable bonds is 8. The Morgan fingerprint density at radius 1 is 0.905 bits per heavy atom. The van der Waals surface area contributed by atoms with Crippen LogP contribution in [0.25, 0.3) is 0 Å². The van der Waals surface area contributed by atoms with Gasteiger partial charge in [0.15, 0.2) is 0 Å². The SMILES string of the molecule is CCCNOP(=O)(Oc1ccccc1)Oc1ccccc1. The maximum atomic E-state index is 12.7. The third-order valence-corrected chi connectivity index (χ3v) is 3.67. The molecule has 6 heteroatoms. The number of hydrogen-bond donors (Lipinski definition) is 1. The third-order valence-electron chi connectivity index (χ3n) is 2.45. The van der Waals surface area contributed by atoms with E-state index in [1.807, 2.05) is 19.1 Å². The summed E-state index contributed by atoms with van der Waals surface area (Å²) in [6.07, 6.45) is 0.830. The number of para-hydroxylation sites is 2. The molecule has 0 heterocycles. The zero-order valence-electron chi connectivity index (χ0n) is 11.8. The van der Waals surface area contributed by atoms with Gasteiger partial charge in [0.05, 0.1) is 0 Å². The second-order valence-corrected chi connectivity index (χ2v) is 5.68. The summed E-state index contributed by atoms with van der Waals surface area (Å²) in [7, 11) is -3.80. The number of phosphoric ester groups is 1. The first-order chi connectivity index (χ1) is 10.2. The summed E-state index contributed by atoms with van der Waals surface area (Å²) in [5.74, 6) is 0.824. The van der Waals surface area contributed by atoms with Gasteiger partial charge in [0, 0.05) is 6.54 Å². The van der Waals surface area contributed by atoms with Gasteiger partial charge in [-0.15, -0.1) is 0 Å². The number of hydroxylamine groups is 1. The minimum atomic E-state index is -3.80. The zero-order valence-corrected chi connectivity index (χ0v) is 12.7. The lowest BCUT2D eigenvalue weighted by molar-refractivity contribution is 0.134. The number of benzene rings is 2. The Balaban J connectivity index is 2.11. The van der Waals surface area contributed by atoms with Crippen LogP contribution < -0.4 is 14.5 Å². The van der Waals surface area contributed by atoms with E-state index in [0.717, 1.165) is 6.42 Å². The van der Waals surface area contributed by atoms with Gasteiger partial charge in [-0.05, 0) is 30.7 Å². The normalized spacial score (nSPS) is 11.1. The summed E-state index contributed by atoms with van der Waals surface area (Å²) in [5.41, 5.74) is 2.60. The molecule has 2 rings (SSSR count). The maximum absolute atomic E-state index is 12.7. The van der Waals surface area contributed by atoms with Gasteiger partial charge in [-0.3, -0.25) is 0 Å². The van der Waals surface area contributed by atoms with Crippen LogP contribution in [0.15, 0.2) is 60.7 Å². The highest BCUT2D eigenvalue weighted by Crippen LogP contribution is 2.48. The molecule has 0 saturated heterocycles. The van der Waals surface area contributed by atoms with Crippen LogP contribution in [-0.2, 0) is 9.19 Å². The molecule has 5 nitrogen and oxygen atoms in total. The molecule has 0 aliphatic rings. The van der Waals surface area contributed by atoms with E-state index in [9.17, 15) is 4.57 Å². The van der Waals surface area contributed by atoms with E-state index >= 15 is 0 Å². The standard InChI is InChI=1S/C15H18NO4P/c1-2-13-16-20-21(17,18-14-9-5-3-6-10-14)19-15-11-7-4-8-12-15/h3-12,16H,2,13H2,1H3. The summed E-state index contributed by atoms with van der Waals surface area (Å²) < 4.78 is 28.6. The monoisotopic (exact) mass is 307 g/mol. The first-order valence-corrected chi connectivity index (χ1v) is 8.19. The molecule has 0 unspecified atom stereocenters. The van der Waals surface area contributed by atoms with Crippen molar-refractivity contribution in [3.05, 3.63) is 60.7 Å². The molecular formula is C15H18NO4P. The number of nitrogens with one attached hydrogen (secondary N) is 1. The van der Waals surface area contributed by atoms with Crippen LogP contribution in [0.1, 0.15) is 13.3 Å². The zero-order chi connectivity index (χ0) is 15.0. The average molecular weight is 307 g/mol. The second kappa shape index (κ2) is 7.84. The Labute approximate surface area is 124 Å². The van der Waals surface area contributed by atoms with Crippen LogP contribution in [0.3, 0.4) is 0 Å². The Morgan fingerprint density at radius 3 is 1.81 bits per heavy atom. The molecule has 0 spiro atoms. The van der Waals surface area contributed by atoms with Crippen molar-refractivity contribution in [2.24, 2.45) is 0 Å². The minimum absolute atomic E-state index is 0.412. The first kappa shape index (κ1) is 15.6. The lowest BCUT2D eigenvalue weighted by atomic mass is 10.3. The Hall–Kier alpha value is -1.81. The predicted molar refractivity (Wildman–Crippen MR) is 81.1 cm³/mol. The van der Waals surface area contributed by atoms with Crippen molar-refractivity contribution < 1.29 is 18.2 Å². The molecule has 1 N–H and O–H groups in total. The van der Waals surface area contributed by atoms with Crippen molar-refractivity contribution in [1.29, 1.82) is 0 Å². The van der Waals surface area contributed by atoms with Gasteiger partial charge in [-0.25, -0.2) is 4.57 Å². The molecule has 21 heavy (non-hydrogen) atoms. The molecule has 0 fully saturated rings. The van der Waals surface area contributed by atoms with Crippen LogP contribution >= 0.6 is 7.82 Å². The molecule has 2 aromatic rings. The lowest BCUT2D eigenvalue weighted by Gasteiger charge is -2.18. The summed E-state index contributed by atoms with van der Waals surface area (Å²) >= 11 is 0. The van der Waals surface area contributed by atoms with Crippen LogP contribution in [-0.4, -0.2) is 6.54 Å². The van der Waals surface area contributed by atoms with Crippen molar-refractivity contribution in [3.8, 4) is 11.5 Å². The van der Waals surface area contributed by atoms with Gasteiger partial charge >= 0.3 is 7.82 Å². The quantitative estimate of drug-likeness (QED) is 0.450. The van der Waals surface area contributed by atoms with Gasteiger partial charge in [-0.2, -0.15) is 10.1 Å². The molecule has 0 saturated carbocycles. The molecule has 0 atom stereocenters. The van der Waals surface area contributed by atoms with Crippen molar-refractivity contribution >= 4 is 7.82 Å². The molecule has 0 aliphatic carbocycles. The van der Waals surface area contributed by atoms with Gasteiger partial charge < -0.3 is 9.05 Å². The summed E-state index contributed by atoms with van der Waals surface area (Å²) in [6.45, 7) is 2.51. The minimum Gasteiger partial charge on any atom is -0.394 e. The van der Waals surface area contributed by atoms with Crippen LogP contribution in [0.2, 0.25) is 0 Å². The third kappa shape index (κ3) is 5.23. The highest BCUT2D eigenvalue weighted by Gasteiger charge is 2.31. The fourth-order valence-corrected chi connectivity index (χ4v) is 2.62. The smallest absolute Gasteiger partial charge is 0.394 e. The molecule has 2 aromatic carbocycles. The molecule has 0 amide bonds. The van der Waals surface area contributed by atoms with Gasteiger partial charge in [0.1, 0.15) is 11.5 Å². The summed E-state index contributed by atoms with van der Waals surface area (Å²) in [5, 5.41) is 0. The van der Waals surface area contributed by atoms with Crippen molar-refractivity contribution in [3.63, 3.8) is 0 Å². The van der Waals surface area contributed by atoms with E-state index in [0.29, 0.717) is 18.0 Å². The Morgan fingerprint density at radius 2 is 1.38 bits per heavy atom. The Bertz CT molecular complexity index is 531. The van der Waals surface area contributed by atoms with E-state index in [4.69, 9.17) is 13.7 Å². The molecule has 0 radical (unpaired) electrons. The molecule has 0 aliphatic heterocycles. The highest BCUT2D eigenvalue weighted by atomic mass is 31.2. The highest BCUT2D eigenvalue weighted by molar-refractivity contribution is 7.49. The van der Waals surface area contributed by atoms with E-state index in [1.165, 1.54) is 0 Å². The largest absolute Gasteiger partial charge is 0.604 e. The topological polar surface area (TPSA) is 56.8 Å². The first-order valence-electron chi connectivity index (χ1n) is 6.72. The fourth-order valence-electron chi connectivity index (χ4n) is 1.50. The lowest BCUT2D eigenvalue weighted by Crippen LogP contribution is -2.18. The van der Waals surface area contributed by atoms with Gasteiger partial charge in [-0.1, -0.05) is 43.3 Å². The molecule has 0 bridgehead atoms. The molecular weight excluding hydrogens is 289 g/mol. The van der Waals surface area contributed by atoms with Gasteiger partial charge in [0.25, 0.3) is 0 Å². The van der Waals surface area contributed by atoms with Crippen molar-refractivity contribution in [2.75, 3.05) is 6.54 Å². The average Bonchev–Trinajstić information content (AvgIpc) is 2.49. The van der Waals surface area contributed by atoms with Crippen molar-refractivity contribution in [1.82, 2.24) is 5.48 Å². The van der Waals surface area contributed by atoms with E-state index in [-0.39, 0.29) is 0 Å². The number of hydrogen-bond acceptors (Lipinski definition) is 5. The maximum Gasteiger partial charge on any atom is 0.604 e. The summed E-state index contributed by atoms with van der Waals surface area (Å²) in [4.78, 5) is 0. The van der Waals surface area contributed by atoms with Crippen LogP contribution in [0.5, 0.6) is 11.5 Å².